The maximum absolute atomic E-state index is 15.5. The second kappa shape index (κ2) is 14.2. The minimum Gasteiger partial charge on any atom is -0.461 e. The highest BCUT2D eigenvalue weighted by Crippen LogP contribution is 2.45. The molecule has 0 aliphatic carbocycles. The molecule has 18 heteroatoms. The van der Waals surface area contributed by atoms with Crippen LogP contribution < -0.4 is 21.1 Å². The van der Waals surface area contributed by atoms with E-state index in [2.05, 4.69) is 14.9 Å². The number of halogens is 7. The van der Waals surface area contributed by atoms with Gasteiger partial charge in [-0.15, -0.1) is 0 Å². The molecule has 0 saturated carbocycles. The van der Waals surface area contributed by atoms with Crippen molar-refractivity contribution in [2.75, 3.05) is 64.1 Å². The van der Waals surface area contributed by atoms with Crippen molar-refractivity contribution in [2.45, 2.75) is 62.7 Å². The number of carbonyl (C=O) groups excluding carboxylic acids is 1. The smallest absolute Gasteiger partial charge is 0.417 e. The number of alkyl halides is 4. The van der Waals surface area contributed by atoms with Gasteiger partial charge in [0.25, 0.3) is 5.91 Å². The molecule has 11 nitrogen and oxygen atoms in total. The van der Waals surface area contributed by atoms with E-state index in [0.717, 1.165) is 25.5 Å². The molecular weight excluding hydrogens is 802 g/mol. The number of aromatic nitrogens is 2. The van der Waals surface area contributed by atoms with Crippen molar-refractivity contribution in [1.82, 2.24) is 19.8 Å². The minimum atomic E-state index is -4.89. The number of anilines is 2. The summed E-state index contributed by atoms with van der Waals surface area (Å²) in [5.41, 5.74) is 10.0. The number of hydrogen-bond acceptors (Lipinski definition) is 10. The van der Waals surface area contributed by atoms with Gasteiger partial charge in [0.2, 0.25) is 0 Å². The zero-order chi connectivity index (χ0) is 36.1. The zero-order valence-corrected chi connectivity index (χ0v) is 30.3. The van der Waals surface area contributed by atoms with Crippen LogP contribution in [-0.4, -0.2) is 96.5 Å². The topological polar surface area (TPSA) is 135 Å². The third-order valence-electron chi connectivity index (χ3n) is 9.63. The second-order valence-corrected chi connectivity index (χ2v) is 14.7. The molecule has 0 spiro atoms. The van der Waals surface area contributed by atoms with Crippen molar-refractivity contribution in [1.29, 1.82) is 0 Å². The Morgan fingerprint density at radius 1 is 1.26 bits per heavy atom. The molecule has 4 N–H and O–H groups in total. The summed E-state index contributed by atoms with van der Waals surface area (Å²) in [5, 5.41) is -0.0137. The number of nitrogen functional groups attached to an aromatic ring is 1. The first kappa shape index (κ1) is 36.8. The second-order valence-electron chi connectivity index (χ2n) is 13.2. The Morgan fingerprint density at radius 3 is 2.74 bits per heavy atom. The predicted octanol–water partition coefficient (Wildman–Crippen LogP) is 4.74. The van der Waals surface area contributed by atoms with Crippen LogP contribution in [0.1, 0.15) is 54.2 Å². The molecule has 1 unspecified atom stereocenters. The first-order valence-electron chi connectivity index (χ1n) is 16.1. The van der Waals surface area contributed by atoms with Gasteiger partial charge < -0.3 is 30.7 Å². The lowest BCUT2D eigenvalue weighted by Crippen LogP contribution is -2.43. The Bertz CT molecular complexity index is 1740. The van der Waals surface area contributed by atoms with E-state index in [4.69, 9.17) is 37.5 Å². The van der Waals surface area contributed by atoms with Crippen molar-refractivity contribution in [3.05, 3.63) is 48.6 Å². The molecule has 2 aromatic rings. The Hall–Kier alpha value is -3.03. The van der Waals surface area contributed by atoms with Crippen LogP contribution in [0.25, 0.3) is 0 Å². The number of carbonyl (C=O) groups is 1. The number of benzene rings is 1. The molecule has 1 amide bonds. The number of hydrogen-bond donors (Lipinski definition) is 2. The molecule has 2 fully saturated rings. The standard InChI is InChI=1S/C32H37ClF5IN8O3/c1-45(2)29(48)27(41)25(33)21-13-46(7-4-6-42-21)28-17-14-49-22(23-24(32(36,37)38)18(39)9-19(40)26(23)35)10-20(17)43-30(44-28)50-15-31-5-3-8-47(31)12-16(34)11-31/h9,16,22H,3-8,10-15,40-41H2,1-2H3/b27-25+/t16-,22?,31+/m1/s1. The zero-order valence-electron chi connectivity index (χ0n) is 27.4. The molecule has 3 atom stereocenters. The van der Waals surface area contributed by atoms with E-state index in [-0.39, 0.29) is 46.5 Å². The highest BCUT2D eigenvalue weighted by atomic mass is 127. The molecule has 6 rings (SSSR count). The molecule has 272 valence electrons. The summed E-state index contributed by atoms with van der Waals surface area (Å²) in [6.45, 7) is 1.78. The quantitative estimate of drug-likeness (QED) is 0.176. The molecule has 4 aliphatic rings. The highest BCUT2D eigenvalue weighted by molar-refractivity contribution is 14.1. The van der Waals surface area contributed by atoms with Crippen LogP contribution in [0.2, 0.25) is 0 Å². The summed E-state index contributed by atoms with van der Waals surface area (Å²) in [7, 11) is 3.08. The van der Waals surface area contributed by atoms with E-state index in [0.29, 0.717) is 55.3 Å². The number of likely N-dealkylation sites (N-methyl/N-ethyl adjacent to an activating group) is 1. The third-order valence-corrected chi connectivity index (χ3v) is 10.9. The van der Waals surface area contributed by atoms with Crippen molar-refractivity contribution in [3.8, 4) is 6.01 Å². The first-order valence-corrected chi connectivity index (χ1v) is 17.6. The molecule has 5 heterocycles. The van der Waals surface area contributed by atoms with Crippen molar-refractivity contribution in [2.24, 2.45) is 10.7 Å². The van der Waals surface area contributed by atoms with Crippen LogP contribution in [0, 0.1) is 9.39 Å². The van der Waals surface area contributed by atoms with Crippen LogP contribution >= 0.6 is 34.2 Å². The van der Waals surface area contributed by atoms with Gasteiger partial charge in [-0.1, -0.05) is 11.6 Å². The molecule has 2 saturated heterocycles. The largest absolute Gasteiger partial charge is 0.461 e. The Balaban J connectivity index is 1.40. The summed E-state index contributed by atoms with van der Waals surface area (Å²) >= 11 is 8.10. The maximum Gasteiger partial charge on any atom is 0.417 e. The van der Waals surface area contributed by atoms with Crippen LogP contribution in [0.15, 0.2) is 21.8 Å². The van der Waals surface area contributed by atoms with Crippen LogP contribution in [0.3, 0.4) is 0 Å². The lowest BCUT2D eigenvalue weighted by Gasteiger charge is -2.33. The van der Waals surface area contributed by atoms with E-state index < -0.39 is 52.5 Å². The normalized spacial score (nSPS) is 24.7. The number of nitrogens with zero attached hydrogens (tertiary/aromatic N) is 6. The molecule has 4 aliphatic heterocycles. The number of amides is 1. The molecule has 0 bridgehead atoms. The maximum atomic E-state index is 15.5. The Labute approximate surface area is 304 Å². The molecular formula is C32H37ClF5IN8O3. The van der Waals surface area contributed by atoms with E-state index in [1.807, 2.05) is 4.90 Å². The molecule has 50 heavy (non-hydrogen) atoms. The van der Waals surface area contributed by atoms with Crippen molar-refractivity contribution < 1.29 is 36.2 Å². The summed E-state index contributed by atoms with van der Waals surface area (Å²) in [6, 6.07) is 0.882. The van der Waals surface area contributed by atoms with Crippen molar-refractivity contribution >= 4 is 57.3 Å². The van der Waals surface area contributed by atoms with Crippen LogP contribution in [0.5, 0.6) is 6.01 Å². The van der Waals surface area contributed by atoms with Gasteiger partial charge in [0.15, 0.2) is 5.82 Å². The number of fused-ring (bicyclic) bond motifs is 2. The Morgan fingerprint density at radius 2 is 2.02 bits per heavy atom. The average Bonchev–Trinajstić information content (AvgIpc) is 3.46. The van der Waals surface area contributed by atoms with Gasteiger partial charge >= 0.3 is 12.2 Å². The SMILES string of the molecule is CN(C)C(=O)/C(N)=C(\Cl)C1=NCCCN(c2nc(OC[C@@]34CCCN3C[C@H](F)C4)nc3c2COC(c2c(F)c(N)cc(I)c2C(F)(F)F)C3)C1. The van der Waals surface area contributed by atoms with E-state index in [1.54, 1.807) is 14.1 Å². The molecule has 1 aromatic carbocycles. The van der Waals surface area contributed by atoms with Gasteiger partial charge in [0.05, 0.1) is 52.5 Å². The van der Waals surface area contributed by atoms with Gasteiger partial charge in [-0.25, -0.2) is 8.78 Å². The average molecular weight is 839 g/mol. The van der Waals surface area contributed by atoms with Gasteiger partial charge in [-0.3, -0.25) is 14.7 Å². The lowest BCUT2D eigenvalue weighted by molar-refractivity contribution is -0.140. The van der Waals surface area contributed by atoms with Crippen LogP contribution in [-0.2, 0) is 28.7 Å². The fourth-order valence-electron chi connectivity index (χ4n) is 7.24. The third kappa shape index (κ3) is 7.06. The van der Waals surface area contributed by atoms with E-state index >= 15 is 4.39 Å². The number of nitrogens with two attached hydrogens (primary N) is 2. The summed E-state index contributed by atoms with van der Waals surface area (Å²) < 4.78 is 84.9. The monoisotopic (exact) mass is 838 g/mol. The highest BCUT2D eigenvalue weighted by Gasteiger charge is 2.49. The van der Waals surface area contributed by atoms with Gasteiger partial charge in [-0.2, -0.15) is 23.1 Å². The predicted molar refractivity (Wildman–Crippen MR) is 185 cm³/mol. The summed E-state index contributed by atoms with van der Waals surface area (Å²) in [4.78, 5) is 31.7. The van der Waals surface area contributed by atoms with Gasteiger partial charge in [0, 0.05) is 61.3 Å². The van der Waals surface area contributed by atoms with Crippen molar-refractivity contribution in [3.63, 3.8) is 0 Å². The van der Waals surface area contributed by atoms with E-state index in [1.165, 1.54) is 27.5 Å². The number of aliphatic imine (C=N–C) groups is 1. The Kier molecular flexibility index (Phi) is 10.4. The minimum absolute atomic E-state index is 0.0137. The van der Waals surface area contributed by atoms with Gasteiger partial charge in [0.1, 0.15) is 24.3 Å². The fourth-order valence-corrected chi connectivity index (χ4v) is 8.37. The molecule has 0 radical (unpaired) electrons. The number of rotatable bonds is 7. The molecule has 1 aromatic heterocycles. The van der Waals surface area contributed by atoms with Gasteiger partial charge in [-0.05, 0) is 54.5 Å². The fraction of sp³-hybridized carbons (Fsp3) is 0.562. The lowest BCUT2D eigenvalue weighted by atomic mass is 9.93. The van der Waals surface area contributed by atoms with Crippen LogP contribution in [0.4, 0.5) is 33.5 Å². The first-order chi connectivity index (χ1) is 23.6. The van der Waals surface area contributed by atoms with E-state index in [9.17, 15) is 22.4 Å². The number of ether oxygens (including phenoxy) is 2. The summed E-state index contributed by atoms with van der Waals surface area (Å²) in [5.74, 6) is -1.35. The summed E-state index contributed by atoms with van der Waals surface area (Å²) in [6.07, 6.45) is -5.02.